The van der Waals surface area contributed by atoms with Crippen LogP contribution in [-0.2, 0) is 6.54 Å². The normalized spacial score (nSPS) is 21.6. The number of hydrogen-bond acceptors (Lipinski definition) is 3. The molecule has 0 bridgehead atoms. The predicted octanol–water partition coefficient (Wildman–Crippen LogP) is 0.741. The van der Waals surface area contributed by atoms with E-state index in [9.17, 15) is 9.59 Å². The van der Waals surface area contributed by atoms with Gasteiger partial charge in [-0.3, -0.25) is 9.59 Å². The van der Waals surface area contributed by atoms with Crippen molar-refractivity contribution in [2.45, 2.75) is 19.4 Å². The highest BCUT2D eigenvalue weighted by Gasteiger charge is 2.28. The monoisotopic (exact) mass is 273 g/mol. The minimum absolute atomic E-state index is 0.0245. The van der Waals surface area contributed by atoms with Crippen molar-refractivity contribution < 1.29 is 9.59 Å². The van der Waals surface area contributed by atoms with Gasteiger partial charge in [0.1, 0.15) is 0 Å². The van der Waals surface area contributed by atoms with Gasteiger partial charge in [-0.2, -0.15) is 0 Å². The molecule has 20 heavy (non-hydrogen) atoms. The van der Waals surface area contributed by atoms with Gasteiger partial charge in [0.05, 0.1) is 0 Å². The Balaban J connectivity index is 1.86. The zero-order valence-corrected chi connectivity index (χ0v) is 11.4. The first-order valence-corrected chi connectivity index (χ1v) is 7.10. The van der Waals surface area contributed by atoms with Gasteiger partial charge in [-0.1, -0.05) is 6.07 Å². The third kappa shape index (κ3) is 2.18. The van der Waals surface area contributed by atoms with Crippen molar-refractivity contribution in [1.82, 2.24) is 10.2 Å². The van der Waals surface area contributed by atoms with Gasteiger partial charge < -0.3 is 16.0 Å². The number of nitrogens with two attached hydrogens (primary N) is 1. The largest absolute Gasteiger partial charge is 0.348 e. The van der Waals surface area contributed by atoms with Crippen LogP contribution >= 0.6 is 0 Å². The van der Waals surface area contributed by atoms with Crippen molar-refractivity contribution in [3.63, 3.8) is 0 Å². The first kappa shape index (κ1) is 13.1. The fourth-order valence-electron chi connectivity index (χ4n) is 3.07. The topological polar surface area (TPSA) is 75.4 Å². The summed E-state index contributed by atoms with van der Waals surface area (Å²) in [5.41, 5.74) is 7.83. The van der Waals surface area contributed by atoms with Crippen LogP contribution in [0.3, 0.4) is 0 Å². The van der Waals surface area contributed by atoms with E-state index in [1.54, 1.807) is 12.1 Å². The first-order valence-electron chi connectivity index (χ1n) is 7.10. The molecule has 1 aromatic rings. The Morgan fingerprint density at radius 2 is 2.30 bits per heavy atom. The maximum Gasteiger partial charge on any atom is 0.254 e. The zero-order chi connectivity index (χ0) is 14.1. The fraction of sp³-hybridized carbons (Fsp3) is 0.467. The van der Waals surface area contributed by atoms with Crippen LogP contribution in [0.15, 0.2) is 18.2 Å². The van der Waals surface area contributed by atoms with E-state index in [2.05, 4.69) is 5.32 Å². The van der Waals surface area contributed by atoms with Crippen LogP contribution in [0.2, 0.25) is 0 Å². The summed E-state index contributed by atoms with van der Waals surface area (Å²) in [6.07, 6.45) is 2.09. The standard InChI is InChI=1S/C15H19N3O2/c16-7-10-3-2-6-18(9-10)15(20)12-5-1-4-11-13(12)8-17-14(11)19/h1,4-5,10H,2-3,6-9,16H2,(H,17,19). The number of amides is 2. The van der Waals surface area contributed by atoms with E-state index in [-0.39, 0.29) is 11.8 Å². The Labute approximate surface area is 118 Å². The lowest BCUT2D eigenvalue weighted by molar-refractivity contribution is 0.0677. The number of piperidine rings is 1. The highest BCUT2D eigenvalue weighted by molar-refractivity contribution is 6.04. The molecule has 5 heteroatoms. The quantitative estimate of drug-likeness (QED) is 0.834. The lowest BCUT2D eigenvalue weighted by atomic mass is 9.96. The summed E-state index contributed by atoms with van der Waals surface area (Å²) in [6.45, 7) is 2.57. The van der Waals surface area contributed by atoms with Crippen molar-refractivity contribution in [2.24, 2.45) is 11.7 Å². The molecule has 2 amide bonds. The molecule has 2 aliphatic rings. The molecule has 3 N–H and O–H groups in total. The van der Waals surface area contributed by atoms with Crippen molar-refractivity contribution in [1.29, 1.82) is 0 Å². The third-order valence-corrected chi connectivity index (χ3v) is 4.22. The average molecular weight is 273 g/mol. The second-order valence-corrected chi connectivity index (χ2v) is 5.51. The van der Waals surface area contributed by atoms with E-state index in [1.165, 1.54) is 0 Å². The number of benzene rings is 1. The highest BCUT2D eigenvalue weighted by Crippen LogP contribution is 2.23. The molecule has 0 aromatic heterocycles. The number of carbonyl (C=O) groups is 2. The summed E-state index contributed by atoms with van der Waals surface area (Å²) in [5.74, 6) is 0.328. The molecule has 1 saturated heterocycles. The Bertz CT molecular complexity index is 556. The molecule has 1 atom stereocenters. The number of likely N-dealkylation sites (tertiary alicyclic amines) is 1. The highest BCUT2D eigenvalue weighted by atomic mass is 16.2. The minimum atomic E-state index is -0.0897. The Kier molecular flexibility index (Phi) is 3.44. The van der Waals surface area contributed by atoms with Gasteiger partial charge in [0, 0.05) is 30.8 Å². The number of hydrogen-bond donors (Lipinski definition) is 2. The number of nitrogens with zero attached hydrogens (tertiary/aromatic N) is 1. The van der Waals surface area contributed by atoms with Crippen LogP contribution in [-0.4, -0.2) is 36.3 Å². The molecule has 106 valence electrons. The summed E-state index contributed by atoms with van der Waals surface area (Å²) in [6, 6.07) is 5.36. The van der Waals surface area contributed by atoms with Gasteiger partial charge in [-0.05, 0) is 43.0 Å². The maximum atomic E-state index is 12.7. The molecular formula is C15H19N3O2. The van der Waals surface area contributed by atoms with E-state index >= 15 is 0 Å². The number of fused-ring (bicyclic) bond motifs is 1. The van der Waals surface area contributed by atoms with E-state index in [0.29, 0.717) is 30.1 Å². The molecule has 3 rings (SSSR count). The van der Waals surface area contributed by atoms with E-state index in [1.807, 2.05) is 11.0 Å². The Morgan fingerprint density at radius 1 is 1.45 bits per heavy atom. The summed E-state index contributed by atoms with van der Waals surface area (Å²) >= 11 is 0. The van der Waals surface area contributed by atoms with Crippen LogP contribution in [0.5, 0.6) is 0 Å². The molecule has 1 fully saturated rings. The van der Waals surface area contributed by atoms with Crippen LogP contribution < -0.4 is 11.1 Å². The number of nitrogens with one attached hydrogen (secondary N) is 1. The van der Waals surface area contributed by atoms with E-state index in [0.717, 1.165) is 31.5 Å². The Hall–Kier alpha value is -1.88. The second kappa shape index (κ2) is 5.25. The lowest BCUT2D eigenvalue weighted by Gasteiger charge is -2.32. The van der Waals surface area contributed by atoms with Crippen molar-refractivity contribution >= 4 is 11.8 Å². The first-order chi connectivity index (χ1) is 9.70. The van der Waals surface area contributed by atoms with Crippen LogP contribution in [0, 0.1) is 5.92 Å². The lowest BCUT2D eigenvalue weighted by Crippen LogP contribution is -2.42. The zero-order valence-electron chi connectivity index (χ0n) is 11.4. The van der Waals surface area contributed by atoms with Crippen molar-refractivity contribution in [2.75, 3.05) is 19.6 Å². The molecule has 1 aromatic carbocycles. The molecule has 5 nitrogen and oxygen atoms in total. The molecule has 0 aliphatic carbocycles. The molecular weight excluding hydrogens is 254 g/mol. The maximum absolute atomic E-state index is 12.7. The predicted molar refractivity (Wildman–Crippen MR) is 75.3 cm³/mol. The van der Waals surface area contributed by atoms with Gasteiger partial charge >= 0.3 is 0 Å². The fourth-order valence-corrected chi connectivity index (χ4v) is 3.07. The van der Waals surface area contributed by atoms with Crippen LogP contribution in [0.4, 0.5) is 0 Å². The molecule has 2 aliphatic heterocycles. The summed E-state index contributed by atoms with van der Waals surface area (Å²) in [5, 5.41) is 2.77. The molecule has 0 radical (unpaired) electrons. The Morgan fingerprint density at radius 3 is 3.10 bits per heavy atom. The summed E-state index contributed by atoms with van der Waals surface area (Å²) in [4.78, 5) is 26.2. The molecule has 0 spiro atoms. The number of rotatable bonds is 2. The minimum Gasteiger partial charge on any atom is -0.348 e. The summed E-state index contributed by atoms with van der Waals surface area (Å²) in [7, 11) is 0. The SMILES string of the molecule is NCC1CCCN(C(=O)c2cccc3c2CNC3=O)C1. The van der Waals surface area contributed by atoms with E-state index in [4.69, 9.17) is 5.73 Å². The van der Waals surface area contributed by atoms with Gasteiger partial charge in [-0.15, -0.1) is 0 Å². The second-order valence-electron chi connectivity index (χ2n) is 5.51. The molecule has 1 unspecified atom stereocenters. The summed E-state index contributed by atoms with van der Waals surface area (Å²) < 4.78 is 0. The molecule has 0 saturated carbocycles. The van der Waals surface area contributed by atoms with Crippen molar-refractivity contribution in [3.8, 4) is 0 Å². The van der Waals surface area contributed by atoms with Gasteiger partial charge in [0.2, 0.25) is 0 Å². The van der Waals surface area contributed by atoms with Crippen LogP contribution in [0.25, 0.3) is 0 Å². The van der Waals surface area contributed by atoms with Gasteiger partial charge in [-0.25, -0.2) is 0 Å². The average Bonchev–Trinajstić information content (AvgIpc) is 2.88. The third-order valence-electron chi connectivity index (χ3n) is 4.22. The van der Waals surface area contributed by atoms with Crippen LogP contribution in [0.1, 0.15) is 39.1 Å². The van der Waals surface area contributed by atoms with Crippen molar-refractivity contribution in [3.05, 3.63) is 34.9 Å². The van der Waals surface area contributed by atoms with E-state index < -0.39 is 0 Å². The van der Waals surface area contributed by atoms with Gasteiger partial charge in [0.25, 0.3) is 11.8 Å². The number of carbonyl (C=O) groups excluding carboxylic acids is 2. The molecule has 2 heterocycles. The smallest absolute Gasteiger partial charge is 0.254 e. The van der Waals surface area contributed by atoms with Gasteiger partial charge in [0.15, 0.2) is 0 Å².